The summed E-state index contributed by atoms with van der Waals surface area (Å²) in [5.41, 5.74) is 2.88. The highest BCUT2D eigenvalue weighted by Gasteiger charge is 2.28. The fraction of sp³-hybridized carbons (Fsp3) is 0.125. The Kier molecular flexibility index (Phi) is 2.56. The molecule has 0 bridgehead atoms. The van der Waals surface area contributed by atoms with Crippen LogP contribution in [0.5, 0.6) is 0 Å². The highest BCUT2D eigenvalue weighted by molar-refractivity contribution is 5.67. The Bertz CT molecular complexity index is 600. The predicted molar refractivity (Wildman–Crippen MR) is 73.1 cm³/mol. The maximum atomic E-state index is 4.43. The highest BCUT2D eigenvalue weighted by Crippen LogP contribution is 2.37. The van der Waals surface area contributed by atoms with E-state index in [9.17, 15) is 0 Å². The first-order valence-corrected chi connectivity index (χ1v) is 6.05. The molecule has 0 amide bonds. The number of nitrogens with zero attached hydrogens (tertiary/aromatic N) is 2. The molecule has 1 atom stereocenters. The Labute approximate surface area is 107 Å². The minimum absolute atomic E-state index is 0.341. The van der Waals surface area contributed by atoms with Gasteiger partial charge in [0.25, 0.3) is 0 Å². The van der Waals surface area contributed by atoms with Gasteiger partial charge >= 0.3 is 0 Å². The highest BCUT2D eigenvalue weighted by atomic mass is 15.2. The van der Waals surface area contributed by atoms with Crippen molar-refractivity contribution in [2.75, 3.05) is 0 Å². The molecule has 1 heterocycles. The second-order valence-corrected chi connectivity index (χ2v) is 4.61. The third kappa shape index (κ3) is 1.86. The van der Waals surface area contributed by atoms with E-state index >= 15 is 0 Å². The molecule has 2 aromatic rings. The van der Waals surface area contributed by atoms with Crippen LogP contribution >= 0.6 is 0 Å². The van der Waals surface area contributed by atoms with Crippen LogP contribution in [-0.4, -0.2) is 0 Å². The van der Waals surface area contributed by atoms with Crippen LogP contribution in [0.1, 0.15) is 18.1 Å². The van der Waals surface area contributed by atoms with Crippen molar-refractivity contribution in [3.63, 3.8) is 0 Å². The lowest BCUT2D eigenvalue weighted by Gasteiger charge is -2.16. The Hall–Kier alpha value is -2.22. The normalized spacial score (nSPS) is 21.9. The van der Waals surface area contributed by atoms with Crippen LogP contribution in [0.2, 0.25) is 0 Å². The van der Waals surface area contributed by atoms with E-state index in [0.717, 1.165) is 11.3 Å². The van der Waals surface area contributed by atoms with Gasteiger partial charge in [-0.2, -0.15) is 10.2 Å². The van der Waals surface area contributed by atoms with Gasteiger partial charge in [0.1, 0.15) is 5.54 Å². The van der Waals surface area contributed by atoms with E-state index in [1.165, 1.54) is 5.56 Å². The van der Waals surface area contributed by atoms with Crippen LogP contribution in [-0.2, 0) is 5.54 Å². The Morgan fingerprint density at radius 3 is 2.11 bits per heavy atom. The Morgan fingerprint density at radius 2 is 1.44 bits per heavy atom. The van der Waals surface area contributed by atoms with Gasteiger partial charge in [-0.1, -0.05) is 60.7 Å². The van der Waals surface area contributed by atoms with E-state index in [0.29, 0.717) is 0 Å². The summed E-state index contributed by atoms with van der Waals surface area (Å²) in [6.07, 6.45) is 2.12. The molecule has 0 fully saturated rings. The van der Waals surface area contributed by atoms with Crippen LogP contribution in [0.25, 0.3) is 5.70 Å². The van der Waals surface area contributed by atoms with Gasteiger partial charge in [0.05, 0.1) is 5.70 Å². The van der Waals surface area contributed by atoms with Gasteiger partial charge in [0.2, 0.25) is 0 Å². The molecular weight excluding hydrogens is 220 g/mol. The van der Waals surface area contributed by atoms with Gasteiger partial charge in [-0.25, -0.2) is 0 Å². The summed E-state index contributed by atoms with van der Waals surface area (Å²) >= 11 is 0. The van der Waals surface area contributed by atoms with E-state index in [4.69, 9.17) is 0 Å². The first kappa shape index (κ1) is 10.9. The topological polar surface area (TPSA) is 24.7 Å². The summed E-state index contributed by atoms with van der Waals surface area (Å²) in [7, 11) is 0. The number of rotatable bonds is 2. The number of azo groups is 1. The Morgan fingerprint density at radius 1 is 0.833 bits per heavy atom. The summed E-state index contributed by atoms with van der Waals surface area (Å²) in [6, 6.07) is 20.4. The molecule has 0 saturated carbocycles. The summed E-state index contributed by atoms with van der Waals surface area (Å²) in [5, 5.41) is 8.75. The average molecular weight is 234 g/mol. The maximum Gasteiger partial charge on any atom is 0.125 e. The van der Waals surface area contributed by atoms with Crippen LogP contribution in [0.4, 0.5) is 0 Å². The summed E-state index contributed by atoms with van der Waals surface area (Å²) < 4.78 is 0. The third-order valence-electron chi connectivity index (χ3n) is 3.21. The van der Waals surface area contributed by atoms with E-state index in [2.05, 4.69) is 47.5 Å². The lowest BCUT2D eigenvalue weighted by Crippen LogP contribution is -2.12. The molecule has 0 aliphatic carbocycles. The van der Waals surface area contributed by atoms with Gasteiger partial charge in [-0.05, 0) is 18.6 Å². The van der Waals surface area contributed by atoms with Crippen molar-refractivity contribution in [2.45, 2.75) is 12.5 Å². The molecule has 88 valence electrons. The van der Waals surface area contributed by atoms with Crippen LogP contribution < -0.4 is 0 Å². The van der Waals surface area contributed by atoms with Crippen molar-refractivity contribution in [1.29, 1.82) is 0 Å². The molecule has 3 rings (SSSR count). The molecule has 2 nitrogen and oxygen atoms in total. The van der Waals surface area contributed by atoms with Gasteiger partial charge in [0, 0.05) is 5.56 Å². The molecule has 1 aliphatic rings. The van der Waals surface area contributed by atoms with Crippen molar-refractivity contribution in [3.05, 3.63) is 77.9 Å². The van der Waals surface area contributed by atoms with Gasteiger partial charge < -0.3 is 0 Å². The van der Waals surface area contributed by atoms with Gasteiger partial charge in [-0.15, -0.1) is 0 Å². The number of benzene rings is 2. The molecular formula is C16H14N2. The molecule has 0 N–H and O–H groups in total. The minimum atomic E-state index is -0.341. The SMILES string of the molecule is CC1(c2ccccc2)C=C(c2ccccc2)N=N1. The molecule has 0 radical (unpaired) electrons. The van der Waals surface area contributed by atoms with Crippen molar-refractivity contribution < 1.29 is 0 Å². The standard InChI is InChI=1S/C16H14N2/c1-16(14-10-6-3-7-11-14)12-15(17-18-16)13-8-4-2-5-9-13/h2-12H,1H3. The number of hydrogen-bond acceptors (Lipinski definition) is 2. The van der Waals surface area contributed by atoms with E-state index in [1.54, 1.807) is 0 Å². The number of hydrogen-bond donors (Lipinski definition) is 0. The van der Waals surface area contributed by atoms with E-state index in [1.807, 2.05) is 36.4 Å². The van der Waals surface area contributed by atoms with Crippen LogP contribution in [0, 0.1) is 0 Å². The zero-order valence-corrected chi connectivity index (χ0v) is 10.2. The second-order valence-electron chi connectivity index (χ2n) is 4.61. The lowest BCUT2D eigenvalue weighted by atomic mass is 9.92. The van der Waals surface area contributed by atoms with E-state index < -0.39 is 0 Å². The second kappa shape index (κ2) is 4.22. The monoisotopic (exact) mass is 234 g/mol. The Balaban J connectivity index is 2.00. The molecule has 1 aliphatic heterocycles. The summed E-state index contributed by atoms with van der Waals surface area (Å²) in [6.45, 7) is 2.09. The molecule has 2 aromatic carbocycles. The minimum Gasteiger partial charge on any atom is -0.173 e. The van der Waals surface area contributed by atoms with Crippen molar-refractivity contribution in [2.24, 2.45) is 10.2 Å². The maximum absolute atomic E-state index is 4.43. The molecule has 18 heavy (non-hydrogen) atoms. The fourth-order valence-corrected chi connectivity index (χ4v) is 2.15. The zero-order chi connectivity index (χ0) is 12.4. The molecule has 0 aromatic heterocycles. The van der Waals surface area contributed by atoms with Gasteiger partial charge in [0.15, 0.2) is 0 Å². The van der Waals surface area contributed by atoms with Crippen LogP contribution in [0.15, 0.2) is 77.0 Å². The fourth-order valence-electron chi connectivity index (χ4n) is 2.15. The van der Waals surface area contributed by atoms with Crippen molar-refractivity contribution in [1.82, 2.24) is 0 Å². The molecule has 0 spiro atoms. The molecule has 2 heteroatoms. The van der Waals surface area contributed by atoms with Gasteiger partial charge in [-0.3, -0.25) is 0 Å². The first-order chi connectivity index (χ1) is 8.78. The summed E-state index contributed by atoms with van der Waals surface area (Å²) in [4.78, 5) is 0. The first-order valence-electron chi connectivity index (χ1n) is 6.05. The molecule has 1 unspecified atom stereocenters. The third-order valence-corrected chi connectivity index (χ3v) is 3.21. The van der Waals surface area contributed by atoms with E-state index in [-0.39, 0.29) is 5.54 Å². The van der Waals surface area contributed by atoms with Crippen molar-refractivity contribution >= 4 is 5.70 Å². The van der Waals surface area contributed by atoms with Crippen LogP contribution in [0.3, 0.4) is 0 Å². The van der Waals surface area contributed by atoms with Crippen molar-refractivity contribution in [3.8, 4) is 0 Å². The largest absolute Gasteiger partial charge is 0.173 e. The zero-order valence-electron chi connectivity index (χ0n) is 10.2. The summed E-state index contributed by atoms with van der Waals surface area (Å²) in [5.74, 6) is 0. The predicted octanol–water partition coefficient (Wildman–Crippen LogP) is 4.41. The quantitative estimate of drug-likeness (QED) is 0.735. The molecule has 0 saturated heterocycles. The smallest absolute Gasteiger partial charge is 0.125 e. The lowest BCUT2D eigenvalue weighted by molar-refractivity contribution is 0.621. The average Bonchev–Trinajstić information content (AvgIpc) is 2.85.